The Morgan fingerprint density at radius 1 is 0.966 bits per heavy atom. The number of benzene rings is 2. The molecule has 152 valence electrons. The van der Waals surface area contributed by atoms with E-state index in [1.165, 1.54) is 21.3 Å². The first kappa shape index (κ1) is 20.3. The van der Waals surface area contributed by atoms with Crippen LogP contribution in [0.3, 0.4) is 0 Å². The van der Waals surface area contributed by atoms with Gasteiger partial charge >= 0.3 is 0 Å². The minimum atomic E-state index is -0.226. The van der Waals surface area contributed by atoms with Gasteiger partial charge in [-0.15, -0.1) is 0 Å². The Balaban J connectivity index is 1.55. The number of ether oxygens (including phenoxy) is 4. The first-order valence-electron chi connectivity index (χ1n) is 9.22. The Labute approximate surface area is 169 Å². The zero-order valence-corrected chi connectivity index (χ0v) is 16.7. The summed E-state index contributed by atoms with van der Waals surface area (Å²) in [5.74, 6) is 1.83. The van der Waals surface area contributed by atoms with Crippen molar-refractivity contribution in [3.8, 4) is 23.0 Å². The quantitative estimate of drug-likeness (QED) is 0.558. The summed E-state index contributed by atoms with van der Waals surface area (Å²) in [6.45, 7) is 0.929. The number of rotatable bonds is 9. The Morgan fingerprint density at radius 3 is 2.38 bits per heavy atom. The summed E-state index contributed by atoms with van der Waals surface area (Å²) in [4.78, 5) is 16.8. The first-order chi connectivity index (χ1) is 14.2. The SMILES string of the molecule is COc1cc(C(=O)NCCCOc2cccc3cccnc23)cc(OC)c1OC. The van der Waals surface area contributed by atoms with Gasteiger partial charge in [0.15, 0.2) is 11.5 Å². The number of pyridine rings is 1. The van der Waals surface area contributed by atoms with Crippen LogP contribution in [0, 0.1) is 0 Å². The van der Waals surface area contributed by atoms with Crippen molar-refractivity contribution < 1.29 is 23.7 Å². The molecular weight excluding hydrogens is 372 g/mol. The second kappa shape index (κ2) is 9.64. The van der Waals surface area contributed by atoms with Crippen LogP contribution in [0.5, 0.6) is 23.0 Å². The van der Waals surface area contributed by atoms with E-state index in [2.05, 4.69) is 10.3 Å². The van der Waals surface area contributed by atoms with Crippen LogP contribution in [0.2, 0.25) is 0 Å². The van der Waals surface area contributed by atoms with E-state index < -0.39 is 0 Å². The maximum absolute atomic E-state index is 12.5. The number of carbonyl (C=O) groups is 1. The maximum atomic E-state index is 12.5. The van der Waals surface area contributed by atoms with Crippen molar-refractivity contribution in [2.45, 2.75) is 6.42 Å². The molecule has 3 rings (SSSR count). The van der Waals surface area contributed by atoms with Crippen LogP contribution >= 0.6 is 0 Å². The lowest BCUT2D eigenvalue weighted by Gasteiger charge is -2.14. The van der Waals surface area contributed by atoms with Gasteiger partial charge in [0, 0.05) is 23.7 Å². The van der Waals surface area contributed by atoms with Gasteiger partial charge in [0.05, 0.1) is 27.9 Å². The van der Waals surface area contributed by atoms with Gasteiger partial charge in [0.2, 0.25) is 5.75 Å². The molecule has 0 saturated carbocycles. The molecule has 1 amide bonds. The van der Waals surface area contributed by atoms with E-state index in [9.17, 15) is 4.79 Å². The van der Waals surface area contributed by atoms with Crippen LogP contribution in [0.4, 0.5) is 0 Å². The van der Waals surface area contributed by atoms with Crippen molar-refractivity contribution in [1.82, 2.24) is 10.3 Å². The summed E-state index contributed by atoms with van der Waals surface area (Å²) in [5.41, 5.74) is 1.26. The van der Waals surface area contributed by atoms with Gasteiger partial charge in [0.25, 0.3) is 5.91 Å². The summed E-state index contributed by atoms with van der Waals surface area (Å²) >= 11 is 0. The summed E-state index contributed by atoms with van der Waals surface area (Å²) in [6, 6.07) is 12.9. The van der Waals surface area contributed by atoms with Crippen molar-refractivity contribution in [2.75, 3.05) is 34.5 Å². The number of aromatic nitrogens is 1. The number of hydrogen-bond donors (Lipinski definition) is 1. The monoisotopic (exact) mass is 396 g/mol. The average molecular weight is 396 g/mol. The molecule has 2 aromatic carbocycles. The number of carbonyl (C=O) groups excluding carboxylic acids is 1. The molecule has 3 aromatic rings. The molecule has 7 heteroatoms. The molecule has 29 heavy (non-hydrogen) atoms. The summed E-state index contributed by atoms with van der Waals surface area (Å²) in [5, 5.41) is 3.90. The zero-order valence-electron chi connectivity index (χ0n) is 16.7. The van der Waals surface area contributed by atoms with Crippen LogP contribution in [0.25, 0.3) is 10.9 Å². The third kappa shape index (κ3) is 4.68. The standard InChI is InChI=1S/C22H24N2O5/c1-26-18-13-16(14-19(27-2)21(18)28-3)22(25)24-11-6-12-29-17-9-4-7-15-8-5-10-23-20(15)17/h4-5,7-10,13-14H,6,11-12H2,1-3H3,(H,24,25). The number of amides is 1. The van der Waals surface area contributed by atoms with Crippen LogP contribution in [-0.4, -0.2) is 45.4 Å². The molecule has 0 bridgehead atoms. The van der Waals surface area contributed by atoms with Gasteiger partial charge in [-0.2, -0.15) is 0 Å². The minimum Gasteiger partial charge on any atom is -0.493 e. The van der Waals surface area contributed by atoms with Crippen LogP contribution in [-0.2, 0) is 0 Å². The largest absolute Gasteiger partial charge is 0.493 e. The molecule has 0 aliphatic carbocycles. The van der Waals surface area contributed by atoms with E-state index in [4.69, 9.17) is 18.9 Å². The third-order valence-corrected chi connectivity index (χ3v) is 4.39. The van der Waals surface area contributed by atoms with E-state index in [-0.39, 0.29) is 5.91 Å². The van der Waals surface area contributed by atoms with Crippen molar-refractivity contribution in [1.29, 1.82) is 0 Å². The molecule has 0 radical (unpaired) electrons. The number of para-hydroxylation sites is 1. The molecule has 0 aliphatic rings. The Bertz CT molecular complexity index is 960. The van der Waals surface area contributed by atoms with Gasteiger partial charge in [-0.3, -0.25) is 9.78 Å². The highest BCUT2D eigenvalue weighted by Crippen LogP contribution is 2.38. The number of hydrogen-bond acceptors (Lipinski definition) is 6. The van der Waals surface area contributed by atoms with Crippen LogP contribution in [0.15, 0.2) is 48.7 Å². The lowest BCUT2D eigenvalue weighted by Crippen LogP contribution is -2.25. The lowest BCUT2D eigenvalue weighted by atomic mass is 10.1. The number of methoxy groups -OCH3 is 3. The van der Waals surface area contributed by atoms with Gasteiger partial charge in [-0.05, 0) is 30.7 Å². The molecule has 1 aromatic heterocycles. The zero-order chi connectivity index (χ0) is 20.6. The molecule has 0 fully saturated rings. The van der Waals surface area contributed by atoms with E-state index in [0.717, 1.165) is 16.7 Å². The maximum Gasteiger partial charge on any atom is 0.251 e. The minimum absolute atomic E-state index is 0.226. The molecule has 0 saturated heterocycles. The van der Waals surface area contributed by atoms with Gasteiger partial charge in [0.1, 0.15) is 11.3 Å². The molecule has 0 spiro atoms. The van der Waals surface area contributed by atoms with Crippen molar-refractivity contribution in [3.05, 3.63) is 54.2 Å². The smallest absolute Gasteiger partial charge is 0.251 e. The summed E-state index contributed by atoms with van der Waals surface area (Å²) in [6.07, 6.45) is 2.40. The Kier molecular flexibility index (Phi) is 6.73. The van der Waals surface area contributed by atoms with Crippen LogP contribution < -0.4 is 24.3 Å². The predicted molar refractivity (Wildman–Crippen MR) is 110 cm³/mol. The van der Waals surface area contributed by atoms with Crippen molar-refractivity contribution in [3.63, 3.8) is 0 Å². The number of nitrogens with zero attached hydrogens (tertiary/aromatic N) is 1. The van der Waals surface area contributed by atoms with Crippen molar-refractivity contribution >= 4 is 16.8 Å². The molecule has 1 N–H and O–H groups in total. The number of nitrogens with one attached hydrogen (secondary N) is 1. The fourth-order valence-corrected chi connectivity index (χ4v) is 2.96. The first-order valence-corrected chi connectivity index (χ1v) is 9.22. The van der Waals surface area contributed by atoms with Crippen molar-refractivity contribution in [2.24, 2.45) is 0 Å². The molecule has 7 nitrogen and oxygen atoms in total. The molecule has 0 unspecified atom stereocenters. The Morgan fingerprint density at radius 2 is 1.69 bits per heavy atom. The van der Waals surface area contributed by atoms with E-state index >= 15 is 0 Å². The normalized spacial score (nSPS) is 10.4. The van der Waals surface area contributed by atoms with Crippen LogP contribution in [0.1, 0.15) is 16.8 Å². The van der Waals surface area contributed by atoms with E-state index in [0.29, 0.717) is 42.4 Å². The topological polar surface area (TPSA) is 78.9 Å². The van der Waals surface area contributed by atoms with Gasteiger partial charge in [-0.1, -0.05) is 18.2 Å². The van der Waals surface area contributed by atoms with E-state index in [1.54, 1.807) is 18.3 Å². The predicted octanol–water partition coefficient (Wildman–Crippen LogP) is 3.46. The molecule has 0 atom stereocenters. The summed E-state index contributed by atoms with van der Waals surface area (Å²) in [7, 11) is 4.54. The molecule has 0 aliphatic heterocycles. The molecule has 1 heterocycles. The highest BCUT2D eigenvalue weighted by molar-refractivity contribution is 5.95. The molecular formula is C22H24N2O5. The fraction of sp³-hybridized carbons (Fsp3) is 0.273. The third-order valence-electron chi connectivity index (χ3n) is 4.39. The highest BCUT2D eigenvalue weighted by Gasteiger charge is 2.16. The second-order valence-electron chi connectivity index (χ2n) is 6.20. The van der Waals surface area contributed by atoms with Gasteiger partial charge < -0.3 is 24.3 Å². The Hall–Kier alpha value is -3.48. The fourth-order valence-electron chi connectivity index (χ4n) is 2.96. The lowest BCUT2D eigenvalue weighted by molar-refractivity contribution is 0.0950. The van der Waals surface area contributed by atoms with E-state index in [1.807, 2.05) is 30.3 Å². The highest BCUT2D eigenvalue weighted by atomic mass is 16.5. The summed E-state index contributed by atoms with van der Waals surface area (Å²) < 4.78 is 21.7. The van der Waals surface area contributed by atoms with Gasteiger partial charge in [-0.25, -0.2) is 0 Å². The average Bonchev–Trinajstić information content (AvgIpc) is 2.77. The second-order valence-corrected chi connectivity index (χ2v) is 6.20. The number of fused-ring (bicyclic) bond motifs is 1.